The quantitative estimate of drug-likeness (QED) is 0.487. The van der Waals surface area contributed by atoms with Gasteiger partial charge in [-0.15, -0.1) is 0 Å². The number of benzene rings is 3. The zero-order chi connectivity index (χ0) is 19.5. The molecule has 3 nitrogen and oxygen atoms in total. The zero-order valence-electron chi connectivity index (χ0n) is 15.9. The van der Waals surface area contributed by atoms with Crippen LogP contribution in [0, 0.1) is 0 Å². The first-order valence-electron chi connectivity index (χ1n) is 9.67. The average molecular weight is 372 g/mol. The summed E-state index contributed by atoms with van der Waals surface area (Å²) in [6.45, 7) is 2.72. The summed E-state index contributed by atoms with van der Waals surface area (Å²) in [6, 6.07) is 26.0. The maximum absolute atomic E-state index is 11.9. The van der Waals surface area contributed by atoms with E-state index in [1.54, 1.807) is 0 Å². The van der Waals surface area contributed by atoms with E-state index in [2.05, 4.69) is 25.1 Å². The Hall–Kier alpha value is -2.75. The normalized spacial score (nSPS) is 18.9. The highest BCUT2D eigenvalue weighted by Gasteiger charge is 2.34. The molecule has 3 unspecified atom stereocenters. The minimum atomic E-state index is -0.651. The molecule has 1 fully saturated rings. The van der Waals surface area contributed by atoms with Gasteiger partial charge < -0.3 is 14.6 Å². The number of aldehydes is 1. The van der Waals surface area contributed by atoms with Gasteiger partial charge in [0.25, 0.3) is 0 Å². The standard InChI is InChI=1S/C25H24O3/c1-17(18-8-4-2-5-9-18)22-14-20(12-13-21(22)25(27)24-16-28-24)23(15-26)19-10-6-3-7-11-19/h2-15,17,23-25,27H,16H2,1H3/t17?,23?,24-,25?/m0/s1. The predicted molar refractivity (Wildman–Crippen MR) is 109 cm³/mol. The van der Waals surface area contributed by atoms with Gasteiger partial charge >= 0.3 is 0 Å². The van der Waals surface area contributed by atoms with Crippen molar-refractivity contribution >= 4 is 6.29 Å². The van der Waals surface area contributed by atoms with E-state index in [4.69, 9.17) is 4.74 Å². The molecule has 1 heterocycles. The van der Waals surface area contributed by atoms with Crippen LogP contribution in [0.15, 0.2) is 78.9 Å². The molecule has 0 saturated carbocycles. The topological polar surface area (TPSA) is 49.8 Å². The van der Waals surface area contributed by atoms with Crippen molar-refractivity contribution in [3.05, 3.63) is 107 Å². The van der Waals surface area contributed by atoms with Gasteiger partial charge in [0, 0.05) is 5.92 Å². The summed E-state index contributed by atoms with van der Waals surface area (Å²) in [5, 5.41) is 10.7. The number of ether oxygens (including phenoxy) is 1. The van der Waals surface area contributed by atoms with Gasteiger partial charge in [0.2, 0.25) is 0 Å². The maximum Gasteiger partial charge on any atom is 0.131 e. The van der Waals surface area contributed by atoms with Crippen molar-refractivity contribution in [2.24, 2.45) is 0 Å². The van der Waals surface area contributed by atoms with Gasteiger partial charge in [-0.25, -0.2) is 0 Å². The molecule has 1 aliphatic heterocycles. The van der Waals surface area contributed by atoms with E-state index in [-0.39, 0.29) is 17.9 Å². The van der Waals surface area contributed by atoms with Crippen LogP contribution in [0.25, 0.3) is 0 Å². The van der Waals surface area contributed by atoms with E-state index in [1.165, 1.54) is 5.56 Å². The molecule has 28 heavy (non-hydrogen) atoms. The second kappa shape index (κ2) is 8.09. The van der Waals surface area contributed by atoms with Crippen molar-refractivity contribution in [3.63, 3.8) is 0 Å². The van der Waals surface area contributed by atoms with Crippen LogP contribution in [0.3, 0.4) is 0 Å². The first kappa shape index (κ1) is 18.6. The van der Waals surface area contributed by atoms with Gasteiger partial charge in [0.05, 0.1) is 12.5 Å². The van der Waals surface area contributed by atoms with Crippen molar-refractivity contribution < 1.29 is 14.6 Å². The molecule has 0 amide bonds. The lowest BCUT2D eigenvalue weighted by atomic mass is 9.83. The van der Waals surface area contributed by atoms with Crippen molar-refractivity contribution in [2.45, 2.75) is 31.0 Å². The van der Waals surface area contributed by atoms with Crippen molar-refractivity contribution in [2.75, 3.05) is 6.61 Å². The molecule has 1 aliphatic rings. The number of aliphatic hydroxyl groups is 1. The third kappa shape index (κ3) is 3.77. The minimum Gasteiger partial charge on any atom is -0.386 e. The van der Waals surface area contributed by atoms with Gasteiger partial charge in [0.15, 0.2) is 0 Å². The fraction of sp³-hybridized carbons (Fsp3) is 0.240. The van der Waals surface area contributed by atoms with E-state index < -0.39 is 6.10 Å². The summed E-state index contributed by atoms with van der Waals surface area (Å²) in [5.74, 6) is -0.237. The van der Waals surface area contributed by atoms with Crippen molar-refractivity contribution in [1.29, 1.82) is 0 Å². The Labute approximate surface area is 165 Å². The maximum atomic E-state index is 11.9. The SMILES string of the molecule is CC(c1ccccc1)c1cc(C(C=O)c2ccccc2)ccc1C(O)[C@@H]1CO1. The minimum absolute atomic E-state index is 0.0904. The van der Waals surface area contributed by atoms with E-state index in [1.807, 2.05) is 60.7 Å². The summed E-state index contributed by atoms with van der Waals surface area (Å²) in [4.78, 5) is 11.9. The molecule has 0 aromatic heterocycles. The molecule has 1 N–H and O–H groups in total. The van der Waals surface area contributed by atoms with E-state index in [0.717, 1.165) is 28.5 Å². The number of carbonyl (C=O) groups excluding carboxylic acids is 1. The number of carbonyl (C=O) groups is 1. The summed E-state index contributed by atoms with van der Waals surface area (Å²) in [5.41, 5.74) is 4.99. The monoisotopic (exact) mass is 372 g/mol. The number of hydrogen-bond donors (Lipinski definition) is 1. The highest BCUT2D eigenvalue weighted by Crippen LogP contribution is 2.37. The fourth-order valence-electron chi connectivity index (χ4n) is 3.80. The highest BCUT2D eigenvalue weighted by molar-refractivity contribution is 5.68. The molecule has 0 spiro atoms. The van der Waals surface area contributed by atoms with Gasteiger partial charge in [-0.2, -0.15) is 0 Å². The Kier molecular flexibility index (Phi) is 5.38. The van der Waals surface area contributed by atoms with E-state index >= 15 is 0 Å². The molecule has 4 atom stereocenters. The molecular weight excluding hydrogens is 348 g/mol. The zero-order valence-corrected chi connectivity index (χ0v) is 15.9. The molecule has 3 aromatic rings. The molecule has 1 saturated heterocycles. The molecule has 142 valence electrons. The van der Waals surface area contributed by atoms with Crippen LogP contribution < -0.4 is 0 Å². The Morgan fingerprint density at radius 1 is 0.893 bits per heavy atom. The molecule has 4 rings (SSSR count). The van der Waals surface area contributed by atoms with Crippen LogP contribution >= 0.6 is 0 Å². The lowest BCUT2D eigenvalue weighted by molar-refractivity contribution is -0.108. The lowest BCUT2D eigenvalue weighted by Gasteiger charge is -2.22. The summed E-state index contributed by atoms with van der Waals surface area (Å²) in [7, 11) is 0. The van der Waals surface area contributed by atoms with Gasteiger partial charge in [0.1, 0.15) is 18.5 Å². The summed E-state index contributed by atoms with van der Waals surface area (Å²) >= 11 is 0. The highest BCUT2D eigenvalue weighted by atomic mass is 16.6. The first-order valence-corrected chi connectivity index (χ1v) is 9.67. The van der Waals surface area contributed by atoms with Crippen LogP contribution in [0.2, 0.25) is 0 Å². The van der Waals surface area contributed by atoms with Gasteiger partial charge in [-0.3, -0.25) is 0 Å². The van der Waals surface area contributed by atoms with Crippen LogP contribution in [-0.4, -0.2) is 24.1 Å². The van der Waals surface area contributed by atoms with Crippen molar-refractivity contribution in [1.82, 2.24) is 0 Å². The second-order valence-electron chi connectivity index (χ2n) is 7.36. The number of aliphatic hydroxyl groups excluding tert-OH is 1. The predicted octanol–water partition coefficient (Wildman–Crippen LogP) is 4.60. The molecule has 3 heteroatoms. The summed E-state index contributed by atoms with van der Waals surface area (Å²) < 4.78 is 5.33. The van der Waals surface area contributed by atoms with E-state index in [0.29, 0.717) is 6.61 Å². The number of epoxide rings is 1. The van der Waals surface area contributed by atoms with E-state index in [9.17, 15) is 9.90 Å². The molecule has 0 bridgehead atoms. The average Bonchev–Trinajstić information content (AvgIpc) is 3.60. The van der Waals surface area contributed by atoms with Gasteiger partial charge in [-0.05, 0) is 27.8 Å². The number of hydrogen-bond acceptors (Lipinski definition) is 3. The number of rotatable bonds is 7. The molecular formula is C25H24O3. The summed E-state index contributed by atoms with van der Waals surface area (Å²) in [6.07, 6.45) is 0.201. The Bertz CT molecular complexity index is 933. The van der Waals surface area contributed by atoms with Gasteiger partial charge in [-0.1, -0.05) is 85.8 Å². The van der Waals surface area contributed by atoms with Crippen LogP contribution in [0.4, 0.5) is 0 Å². The van der Waals surface area contributed by atoms with Crippen LogP contribution in [0.1, 0.15) is 52.7 Å². The van der Waals surface area contributed by atoms with Crippen LogP contribution in [-0.2, 0) is 9.53 Å². The Morgan fingerprint density at radius 2 is 1.50 bits per heavy atom. The third-order valence-electron chi connectivity index (χ3n) is 5.56. The second-order valence-corrected chi connectivity index (χ2v) is 7.36. The fourth-order valence-corrected chi connectivity index (χ4v) is 3.80. The molecule has 0 aliphatic carbocycles. The molecule has 3 aromatic carbocycles. The third-order valence-corrected chi connectivity index (χ3v) is 5.56. The Morgan fingerprint density at radius 3 is 2.07 bits per heavy atom. The lowest BCUT2D eigenvalue weighted by Crippen LogP contribution is -2.12. The van der Waals surface area contributed by atoms with Crippen LogP contribution in [0.5, 0.6) is 0 Å². The first-order chi connectivity index (χ1) is 13.7. The largest absolute Gasteiger partial charge is 0.386 e. The molecule has 0 radical (unpaired) electrons. The smallest absolute Gasteiger partial charge is 0.131 e. The van der Waals surface area contributed by atoms with Crippen molar-refractivity contribution in [3.8, 4) is 0 Å². The Balaban J connectivity index is 1.78.